The smallest absolute Gasteiger partial charge is 0.408 e. The van der Waals surface area contributed by atoms with Crippen LogP contribution >= 0.6 is 0 Å². The summed E-state index contributed by atoms with van der Waals surface area (Å²) in [6, 6.07) is 0.0173. The van der Waals surface area contributed by atoms with E-state index in [1.807, 2.05) is 32.3 Å². The third kappa shape index (κ3) is 5.38. The minimum absolute atomic E-state index is 0.187. The normalized spacial score (nSPS) is 14.6. The molecule has 1 aromatic rings. The lowest BCUT2D eigenvalue weighted by Crippen LogP contribution is -2.35. The van der Waals surface area contributed by atoms with Gasteiger partial charge >= 0.3 is 6.09 Å². The molecule has 2 atom stereocenters. The number of imidazole rings is 1. The molecule has 0 aliphatic heterocycles. The highest BCUT2D eigenvalue weighted by Gasteiger charge is 2.21. The lowest BCUT2D eigenvalue weighted by molar-refractivity contribution is 0.0505. The first-order chi connectivity index (χ1) is 9.78. The largest absolute Gasteiger partial charge is 0.444 e. The molecule has 0 aromatic carbocycles. The van der Waals surface area contributed by atoms with Crippen molar-refractivity contribution in [2.75, 3.05) is 13.7 Å². The van der Waals surface area contributed by atoms with E-state index in [9.17, 15) is 4.79 Å². The average molecular weight is 297 g/mol. The lowest BCUT2D eigenvalue weighted by Gasteiger charge is -2.24. The van der Waals surface area contributed by atoms with Crippen LogP contribution in [0.1, 0.15) is 58.8 Å². The quantitative estimate of drug-likeness (QED) is 0.876. The highest BCUT2D eigenvalue weighted by molar-refractivity contribution is 5.68. The van der Waals surface area contributed by atoms with Crippen LogP contribution in [0.5, 0.6) is 0 Å². The first-order valence-electron chi connectivity index (χ1n) is 7.28. The van der Waals surface area contributed by atoms with Crippen molar-refractivity contribution in [2.24, 2.45) is 0 Å². The van der Waals surface area contributed by atoms with Crippen molar-refractivity contribution >= 4 is 6.09 Å². The van der Waals surface area contributed by atoms with Gasteiger partial charge < -0.3 is 19.4 Å². The second-order valence-corrected chi connectivity index (χ2v) is 6.11. The van der Waals surface area contributed by atoms with Crippen LogP contribution in [0.15, 0.2) is 12.5 Å². The molecule has 0 fully saturated rings. The van der Waals surface area contributed by atoms with Gasteiger partial charge in [-0.15, -0.1) is 0 Å². The highest BCUT2D eigenvalue weighted by Crippen LogP contribution is 2.20. The van der Waals surface area contributed by atoms with Crippen molar-refractivity contribution in [1.82, 2.24) is 14.9 Å². The molecule has 21 heavy (non-hydrogen) atoms. The second-order valence-electron chi connectivity index (χ2n) is 6.11. The summed E-state index contributed by atoms with van der Waals surface area (Å²) < 4.78 is 12.6. The van der Waals surface area contributed by atoms with Crippen molar-refractivity contribution in [1.29, 1.82) is 0 Å². The van der Waals surface area contributed by atoms with Gasteiger partial charge in [-0.25, -0.2) is 9.78 Å². The zero-order valence-corrected chi connectivity index (χ0v) is 13.8. The van der Waals surface area contributed by atoms with Crippen LogP contribution in [-0.4, -0.2) is 35.0 Å². The molecular weight excluding hydrogens is 270 g/mol. The molecule has 6 nitrogen and oxygen atoms in total. The standard InChI is InChI=1S/C15H27N3O3/c1-7-12(9-20-6)18-10-16-8-13(18)11(2)17-14(19)21-15(3,4)5/h8,10-12H,7,9H2,1-6H3,(H,17,19). The molecule has 0 saturated carbocycles. The Morgan fingerprint density at radius 3 is 2.67 bits per heavy atom. The van der Waals surface area contributed by atoms with Crippen molar-refractivity contribution in [3.63, 3.8) is 0 Å². The zero-order valence-electron chi connectivity index (χ0n) is 13.8. The Morgan fingerprint density at radius 1 is 1.48 bits per heavy atom. The number of rotatable bonds is 6. The summed E-state index contributed by atoms with van der Waals surface area (Å²) in [7, 11) is 1.68. The van der Waals surface area contributed by atoms with Gasteiger partial charge in [0.2, 0.25) is 0 Å². The molecule has 0 aliphatic carbocycles. The molecule has 6 heteroatoms. The number of nitrogens with one attached hydrogen (secondary N) is 1. The number of nitrogens with zero attached hydrogens (tertiary/aromatic N) is 2. The maximum atomic E-state index is 11.9. The highest BCUT2D eigenvalue weighted by atomic mass is 16.6. The van der Waals surface area contributed by atoms with Gasteiger partial charge in [-0.1, -0.05) is 6.92 Å². The summed E-state index contributed by atoms with van der Waals surface area (Å²) in [6.45, 7) is 10.1. The Kier molecular flexibility index (Phi) is 6.20. The van der Waals surface area contributed by atoms with Crippen LogP contribution in [-0.2, 0) is 9.47 Å². The van der Waals surface area contributed by atoms with E-state index in [0.29, 0.717) is 6.61 Å². The van der Waals surface area contributed by atoms with Crippen molar-refractivity contribution in [3.8, 4) is 0 Å². The maximum absolute atomic E-state index is 11.9. The van der Waals surface area contributed by atoms with Gasteiger partial charge in [-0.2, -0.15) is 0 Å². The van der Waals surface area contributed by atoms with Crippen molar-refractivity contribution < 1.29 is 14.3 Å². The number of aromatic nitrogens is 2. The minimum atomic E-state index is -0.508. The predicted molar refractivity (Wildman–Crippen MR) is 81.2 cm³/mol. The van der Waals surface area contributed by atoms with Crippen molar-refractivity contribution in [3.05, 3.63) is 18.2 Å². The lowest BCUT2D eigenvalue weighted by atomic mass is 10.2. The molecule has 0 spiro atoms. The summed E-state index contributed by atoms with van der Waals surface area (Å²) in [4.78, 5) is 16.0. The molecule has 0 radical (unpaired) electrons. The van der Waals surface area contributed by atoms with Gasteiger partial charge in [0.25, 0.3) is 0 Å². The van der Waals surface area contributed by atoms with Crippen LogP contribution in [0.25, 0.3) is 0 Å². The zero-order chi connectivity index (χ0) is 16.0. The van der Waals surface area contributed by atoms with Crippen LogP contribution in [0.3, 0.4) is 0 Å². The molecule has 1 amide bonds. The minimum Gasteiger partial charge on any atom is -0.444 e. The Hall–Kier alpha value is -1.56. The average Bonchev–Trinajstić information content (AvgIpc) is 2.82. The van der Waals surface area contributed by atoms with Crippen LogP contribution in [0, 0.1) is 0 Å². The molecule has 120 valence electrons. The van der Waals surface area contributed by atoms with E-state index in [4.69, 9.17) is 9.47 Å². The topological polar surface area (TPSA) is 65.4 Å². The van der Waals surface area contributed by atoms with Crippen LogP contribution < -0.4 is 5.32 Å². The molecule has 1 aromatic heterocycles. The first-order valence-corrected chi connectivity index (χ1v) is 7.28. The van der Waals surface area contributed by atoms with E-state index in [1.165, 1.54) is 0 Å². The van der Waals surface area contributed by atoms with Gasteiger partial charge in [0.05, 0.1) is 36.9 Å². The maximum Gasteiger partial charge on any atom is 0.408 e. The number of amides is 1. The van der Waals surface area contributed by atoms with Crippen LogP contribution in [0.4, 0.5) is 4.79 Å². The number of alkyl carbamates (subject to hydrolysis) is 1. The number of carbonyl (C=O) groups excluding carboxylic acids is 1. The molecule has 0 saturated heterocycles. The summed E-state index contributed by atoms with van der Waals surface area (Å²) in [5.74, 6) is 0. The monoisotopic (exact) mass is 297 g/mol. The fraction of sp³-hybridized carbons (Fsp3) is 0.733. The molecule has 0 bridgehead atoms. The Balaban J connectivity index is 2.77. The van der Waals surface area contributed by atoms with E-state index in [0.717, 1.165) is 12.1 Å². The number of carbonyl (C=O) groups is 1. The van der Waals surface area contributed by atoms with E-state index in [1.54, 1.807) is 19.6 Å². The number of methoxy groups -OCH3 is 1. The molecule has 2 unspecified atom stereocenters. The molecule has 1 heterocycles. The summed E-state index contributed by atoms with van der Waals surface area (Å²) in [6.07, 6.45) is 4.04. The first kappa shape index (κ1) is 17.5. The Labute approximate surface area is 126 Å². The number of ether oxygens (including phenoxy) is 2. The van der Waals surface area contributed by atoms with E-state index in [-0.39, 0.29) is 12.1 Å². The van der Waals surface area contributed by atoms with Gasteiger partial charge in [0.1, 0.15) is 5.60 Å². The van der Waals surface area contributed by atoms with Gasteiger partial charge in [0, 0.05) is 7.11 Å². The second kappa shape index (κ2) is 7.45. The fourth-order valence-electron chi connectivity index (χ4n) is 2.10. The Morgan fingerprint density at radius 2 is 2.14 bits per heavy atom. The van der Waals surface area contributed by atoms with E-state index < -0.39 is 11.7 Å². The van der Waals surface area contributed by atoms with Gasteiger partial charge in [0.15, 0.2) is 0 Å². The predicted octanol–water partition coefficient (Wildman–Crippen LogP) is 3.07. The Bertz CT molecular complexity index is 451. The summed E-state index contributed by atoms with van der Waals surface area (Å²) in [5, 5.41) is 2.84. The van der Waals surface area contributed by atoms with E-state index in [2.05, 4.69) is 17.2 Å². The molecule has 1 rings (SSSR count). The van der Waals surface area contributed by atoms with Crippen molar-refractivity contribution in [2.45, 2.75) is 58.7 Å². The van der Waals surface area contributed by atoms with E-state index >= 15 is 0 Å². The van der Waals surface area contributed by atoms with Gasteiger partial charge in [-0.05, 0) is 34.1 Å². The number of hydrogen-bond donors (Lipinski definition) is 1. The fourth-order valence-corrected chi connectivity index (χ4v) is 2.10. The third-order valence-corrected chi connectivity index (χ3v) is 3.10. The van der Waals surface area contributed by atoms with Crippen LogP contribution in [0.2, 0.25) is 0 Å². The summed E-state index contributed by atoms with van der Waals surface area (Å²) >= 11 is 0. The molecule has 1 N–H and O–H groups in total. The molecule has 0 aliphatic rings. The van der Waals surface area contributed by atoms with Gasteiger partial charge in [-0.3, -0.25) is 0 Å². The molecular formula is C15H27N3O3. The number of hydrogen-bond acceptors (Lipinski definition) is 4. The SMILES string of the molecule is CCC(COC)n1cncc1C(C)NC(=O)OC(C)(C)C. The third-order valence-electron chi connectivity index (χ3n) is 3.10. The summed E-state index contributed by atoms with van der Waals surface area (Å²) in [5.41, 5.74) is 0.427.